The molecule has 0 saturated heterocycles. The monoisotopic (exact) mass is 302 g/mol. The zero-order chi connectivity index (χ0) is 15.9. The third-order valence-corrected chi connectivity index (χ3v) is 3.03. The van der Waals surface area contributed by atoms with Gasteiger partial charge in [0.05, 0.1) is 19.9 Å². The lowest BCUT2D eigenvalue weighted by atomic mass is 10.2. The Bertz CT molecular complexity index is 617. The molecule has 2 aromatic rings. The summed E-state index contributed by atoms with van der Waals surface area (Å²) < 4.78 is 10.6. The van der Waals surface area contributed by atoms with Crippen LogP contribution in [0.4, 0.5) is 17.3 Å². The third-order valence-electron chi connectivity index (χ3n) is 3.03. The van der Waals surface area contributed by atoms with E-state index in [0.717, 1.165) is 23.8 Å². The van der Waals surface area contributed by atoms with Gasteiger partial charge in [-0.15, -0.1) is 0 Å². The molecular weight excluding hydrogens is 280 g/mol. The van der Waals surface area contributed by atoms with Gasteiger partial charge in [-0.3, -0.25) is 0 Å². The van der Waals surface area contributed by atoms with Crippen LogP contribution in [-0.4, -0.2) is 30.7 Å². The summed E-state index contributed by atoms with van der Waals surface area (Å²) in [6, 6.07) is 7.44. The normalized spacial score (nSPS) is 10.4. The zero-order valence-corrected chi connectivity index (χ0v) is 13.4. The van der Waals surface area contributed by atoms with Crippen LogP contribution >= 0.6 is 0 Å². The molecule has 2 N–H and O–H groups in total. The molecule has 0 aliphatic heterocycles. The van der Waals surface area contributed by atoms with Crippen molar-refractivity contribution in [1.82, 2.24) is 9.97 Å². The minimum atomic E-state index is 0.549. The molecule has 1 aromatic carbocycles. The first-order valence-corrected chi connectivity index (χ1v) is 7.17. The van der Waals surface area contributed by atoms with Crippen LogP contribution in [0.1, 0.15) is 13.8 Å². The van der Waals surface area contributed by atoms with E-state index in [-0.39, 0.29) is 0 Å². The number of rotatable bonds is 7. The van der Waals surface area contributed by atoms with E-state index >= 15 is 0 Å². The third kappa shape index (κ3) is 4.25. The van der Waals surface area contributed by atoms with Crippen molar-refractivity contribution in [3.05, 3.63) is 30.6 Å². The average Bonchev–Trinajstić information content (AvgIpc) is 2.53. The highest BCUT2D eigenvalue weighted by Crippen LogP contribution is 2.31. The fourth-order valence-corrected chi connectivity index (χ4v) is 1.87. The van der Waals surface area contributed by atoms with Gasteiger partial charge in [-0.25, -0.2) is 9.97 Å². The van der Waals surface area contributed by atoms with Crippen molar-refractivity contribution in [2.75, 3.05) is 31.4 Å². The van der Waals surface area contributed by atoms with Crippen molar-refractivity contribution in [3.8, 4) is 11.5 Å². The molecule has 0 atom stereocenters. The Morgan fingerprint density at radius 2 is 1.82 bits per heavy atom. The molecule has 6 heteroatoms. The number of anilines is 3. The second-order valence-electron chi connectivity index (χ2n) is 5.25. The first kappa shape index (κ1) is 15.9. The van der Waals surface area contributed by atoms with Crippen LogP contribution in [0.25, 0.3) is 0 Å². The van der Waals surface area contributed by atoms with Crippen LogP contribution in [0, 0.1) is 5.92 Å². The predicted octanol–water partition coefficient (Wildman–Crippen LogP) is 3.31. The fourth-order valence-electron chi connectivity index (χ4n) is 1.87. The van der Waals surface area contributed by atoms with E-state index in [4.69, 9.17) is 9.47 Å². The Morgan fingerprint density at radius 1 is 1.05 bits per heavy atom. The van der Waals surface area contributed by atoms with Crippen molar-refractivity contribution in [1.29, 1.82) is 0 Å². The number of hydrogen-bond acceptors (Lipinski definition) is 6. The van der Waals surface area contributed by atoms with Crippen LogP contribution in [0.2, 0.25) is 0 Å². The van der Waals surface area contributed by atoms with Gasteiger partial charge in [0, 0.05) is 18.7 Å². The minimum Gasteiger partial charge on any atom is -0.497 e. The van der Waals surface area contributed by atoms with Gasteiger partial charge in [-0.2, -0.15) is 0 Å². The van der Waals surface area contributed by atoms with E-state index in [1.165, 1.54) is 6.33 Å². The van der Waals surface area contributed by atoms with E-state index in [0.29, 0.717) is 17.5 Å². The Morgan fingerprint density at radius 3 is 2.50 bits per heavy atom. The summed E-state index contributed by atoms with van der Waals surface area (Å²) in [7, 11) is 3.24. The molecule has 0 bridgehead atoms. The van der Waals surface area contributed by atoms with E-state index < -0.39 is 0 Å². The number of ether oxygens (including phenoxy) is 2. The molecule has 0 amide bonds. The SMILES string of the molecule is COc1ccc(Nc2cc(NCC(C)C)ncn2)c(OC)c1. The van der Waals surface area contributed by atoms with Gasteiger partial charge < -0.3 is 20.1 Å². The summed E-state index contributed by atoms with van der Waals surface area (Å²) in [6.45, 7) is 5.16. The summed E-state index contributed by atoms with van der Waals surface area (Å²) in [5, 5.41) is 6.51. The number of methoxy groups -OCH3 is 2. The lowest BCUT2D eigenvalue weighted by Gasteiger charge is -2.13. The molecule has 0 radical (unpaired) electrons. The Hall–Kier alpha value is -2.50. The molecule has 0 aliphatic rings. The number of aromatic nitrogens is 2. The lowest BCUT2D eigenvalue weighted by molar-refractivity contribution is 0.395. The van der Waals surface area contributed by atoms with Gasteiger partial charge >= 0.3 is 0 Å². The van der Waals surface area contributed by atoms with Crippen molar-refractivity contribution in [3.63, 3.8) is 0 Å². The summed E-state index contributed by atoms with van der Waals surface area (Å²) in [5.74, 6) is 3.47. The first-order valence-electron chi connectivity index (χ1n) is 7.17. The smallest absolute Gasteiger partial charge is 0.146 e. The summed E-state index contributed by atoms with van der Waals surface area (Å²) in [4.78, 5) is 8.44. The molecule has 0 fully saturated rings. The number of nitrogens with zero attached hydrogens (tertiary/aromatic N) is 2. The van der Waals surface area contributed by atoms with Gasteiger partial charge in [0.15, 0.2) is 0 Å². The Kier molecular flexibility index (Phi) is 5.41. The van der Waals surface area contributed by atoms with Gasteiger partial charge in [0.1, 0.15) is 29.5 Å². The maximum Gasteiger partial charge on any atom is 0.146 e. The molecule has 6 nitrogen and oxygen atoms in total. The lowest BCUT2D eigenvalue weighted by Crippen LogP contribution is -2.09. The molecule has 0 spiro atoms. The van der Waals surface area contributed by atoms with Gasteiger partial charge in [0.2, 0.25) is 0 Å². The van der Waals surface area contributed by atoms with Crippen molar-refractivity contribution < 1.29 is 9.47 Å². The second kappa shape index (κ2) is 7.49. The van der Waals surface area contributed by atoms with Crippen LogP contribution in [0.15, 0.2) is 30.6 Å². The van der Waals surface area contributed by atoms with Crippen LogP contribution in [0.5, 0.6) is 11.5 Å². The van der Waals surface area contributed by atoms with Gasteiger partial charge in [-0.1, -0.05) is 13.8 Å². The molecule has 1 heterocycles. The largest absolute Gasteiger partial charge is 0.497 e. The van der Waals surface area contributed by atoms with Crippen LogP contribution in [-0.2, 0) is 0 Å². The van der Waals surface area contributed by atoms with E-state index in [2.05, 4.69) is 34.4 Å². The minimum absolute atomic E-state index is 0.549. The zero-order valence-electron chi connectivity index (χ0n) is 13.4. The number of hydrogen-bond donors (Lipinski definition) is 2. The highest BCUT2D eigenvalue weighted by Gasteiger charge is 2.07. The Balaban J connectivity index is 2.15. The van der Waals surface area contributed by atoms with Crippen LogP contribution < -0.4 is 20.1 Å². The molecular formula is C16H22N4O2. The quantitative estimate of drug-likeness (QED) is 0.818. The molecule has 0 unspecified atom stereocenters. The maximum atomic E-state index is 5.37. The molecule has 0 aliphatic carbocycles. The molecule has 0 saturated carbocycles. The highest BCUT2D eigenvalue weighted by atomic mass is 16.5. The van der Waals surface area contributed by atoms with Crippen molar-refractivity contribution in [2.45, 2.75) is 13.8 Å². The number of benzene rings is 1. The first-order chi connectivity index (χ1) is 10.6. The molecule has 22 heavy (non-hydrogen) atoms. The molecule has 118 valence electrons. The van der Waals surface area contributed by atoms with E-state index in [9.17, 15) is 0 Å². The highest BCUT2D eigenvalue weighted by molar-refractivity contribution is 5.66. The Labute approximate surface area is 130 Å². The molecule has 1 aromatic heterocycles. The van der Waals surface area contributed by atoms with Gasteiger partial charge in [-0.05, 0) is 18.1 Å². The van der Waals surface area contributed by atoms with Crippen molar-refractivity contribution >= 4 is 17.3 Å². The average molecular weight is 302 g/mol. The van der Waals surface area contributed by atoms with E-state index in [1.54, 1.807) is 14.2 Å². The number of nitrogens with one attached hydrogen (secondary N) is 2. The molecule has 2 rings (SSSR count). The summed E-state index contributed by atoms with van der Waals surface area (Å²) in [6.07, 6.45) is 1.53. The summed E-state index contributed by atoms with van der Waals surface area (Å²) in [5.41, 5.74) is 0.816. The van der Waals surface area contributed by atoms with Gasteiger partial charge in [0.25, 0.3) is 0 Å². The van der Waals surface area contributed by atoms with E-state index in [1.807, 2.05) is 24.3 Å². The fraction of sp³-hybridized carbons (Fsp3) is 0.375. The van der Waals surface area contributed by atoms with Crippen molar-refractivity contribution in [2.24, 2.45) is 5.92 Å². The second-order valence-corrected chi connectivity index (χ2v) is 5.25. The summed E-state index contributed by atoms with van der Waals surface area (Å²) >= 11 is 0. The standard InChI is InChI=1S/C16H22N4O2/c1-11(2)9-17-15-8-16(19-10-18-15)20-13-6-5-12(21-3)7-14(13)22-4/h5-8,10-11H,9H2,1-4H3,(H2,17,18,19,20). The predicted molar refractivity (Wildman–Crippen MR) is 88.2 cm³/mol. The van der Waals surface area contributed by atoms with Crippen LogP contribution in [0.3, 0.4) is 0 Å². The topological polar surface area (TPSA) is 68.3 Å². The maximum absolute atomic E-state index is 5.37.